The van der Waals surface area contributed by atoms with E-state index in [9.17, 15) is 4.39 Å². The lowest BCUT2D eigenvalue weighted by molar-refractivity contribution is 0.0190. The molecule has 0 saturated heterocycles. The SMILES string of the molecule is COC(C)(C)c1ccc(-c2csc(B(O)O)c2)c(F)c1. The maximum Gasteiger partial charge on any atom is 0.499 e. The highest BCUT2D eigenvalue weighted by molar-refractivity contribution is 7.20. The van der Waals surface area contributed by atoms with Crippen molar-refractivity contribution >= 4 is 23.2 Å². The summed E-state index contributed by atoms with van der Waals surface area (Å²) in [6, 6.07) is 6.52. The molecule has 0 aliphatic heterocycles. The Morgan fingerprint density at radius 1 is 1.25 bits per heavy atom. The summed E-state index contributed by atoms with van der Waals surface area (Å²) >= 11 is 1.18. The van der Waals surface area contributed by atoms with Crippen LogP contribution in [0.25, 0.3) is 11.1 Å². The van der Waals surface area contributed by atoms with E-state index in [1.54, 1.807) is 24.6 Å². The number of rotatable bonds is 4. The highest BCUT2D eigenvalue weighted by Crippen LogP contribution is 2.30. The number of hydrogen-bond donors (Lipinski definition) is 2. The van der Waals surface area contributed by atoms with Crippen LogP contribution < -0.4 is 4.78 Å². The molecule has 1 heterocycles. The maximum atomic E-state index is 14.2. The molecule has 0 aliphatic rings. The average Bonchev–Trinajstić information content (AvgIpc) is 2.88. The third-order valence-corrected chi connectivity index (χ3v) is 4.33. The largest absolute Gasteiger partial charge is 0.499 e. The maximum absolute atomic E-state index is 14.2. The van der Waals surface area contributed by atoms with E-state index < -0.39 is 12.7 Å². The van der Waals surface area contributed by atoms with Gasteiger partial charge in [-0.05, 0) is 42.5 Å². The number of benzene rings is 1. The van der Waals surface area contributed by atoms with Gasteiger partial charge in [0.2, 0.25) is 0 Å². The fourth-order valence-corrected chi connectivity index (χ4v) is 2.65. The molecule has 3 nitrogen and oxygen atoms in total. The van der Waals surface area contributed by atoms with Gasteiger partial charge in [-0.25, -0.2) is 4.39 Å². The molecule has 0 fully saturated rings. The Hall–Kier alpha value is -1.21. The molecule has 2 aromatic rings. The van der Waals surface area contributed by atoms with Gasteiger partial charge in [0.25, 0.3) is 0 Å². The van der Waals surface area contributed by atoms with Crippen LogP contribution >= 0.6 is 11.3 Å². The van der Waals surface area contributed by atoms with Crippen molar-refractivity contribution in [2.45, 2.75) is 19.4 Å². The summed E-state index contributed by atoms with van der Waals surface area (Å²) in [5.41, 5.74) is 1.26. The number of methoxy groups -OCH3 is 1. The Morgan fingerprint density at radius 3 is 2.45 bits per heavy atom. The van der Waals surface area contributed by atoms with E-state index in [-0.39, 0.29) is 5.82 Å². The van der Waals surface area contributed by atoms with Crippen molar-refractivity contribution in [1.82, 2.24) is 0 Å². The van der Waals surface area contributed by atoms with Crippen molar-refractivity contribution in [3.05, 3.63) is 41.0 Å². The minimum Gasteiger partial charge on any atom is -0.423 e. The first-order chi connectivity index (χ1) is 9.35. The van der Waals surface area contributed by atoms with Crippen LogP contribution in [-0.2, 0) is 10.3 Å². The summed E-state index contributed by atoms with van der Waals surface area (Å²) in [6.07, 6.45) is 0. The Balaban J connectivity index is 2.39. The van der Waals surface area contributed by atoms with Crippen molar-refractivity contribution in [1.29, 1.82) is 0 Å². The third-order valence-electron chi connectivity index (χ3n) is 3.36. The van der Waals surface area contributed by atoms with Gasteiger partial charge in [0.1, 0.15) is 5.82 Å². The summed E-state index contributed by atoms with van der Waals surface area (Å²) in [5, 5.41) is 19.9. The van der Waals surface area contributed by atoms with Gasteiger partial charge < -0.3 is 14.8 Å². The molecule has 6 heteroatoms. The monoisotopic (exact) mass is 294 g/mol. The topological polar surface area (TPSA) is 49.7 Å². The van der Waals surface area contributed by atoms with Gasteiger partial charge in [-0.15, -0.1) is 0 Å². The van der Waals surface area contributed by atoms with E-state index in [4.69, 9.17) is 14.8 Å². The van der Waals surface area contributed by atoms with E-state index in [1.165, 1.54) is 17.4 Å². The molecule has 1 aromatic carbocycles. The second kappa shape index (κ2) is 5.65. The van der Waals surface area contributed by atoms with Crippen molar-refractivity contribution in [3.8, 4) is 11.1 Å². The lowest BCUT2D eigenvalue weighted by Crippen LogP contribution is -2.26. The third kappa shape index (κ3) is 2.93. The molecule has 0 spiro atoms. The first-order valence-corrected chi connectivity index (χ1v) is 7.03. The molecule has 106 valence electrons. The molecule has 0 saturated carbocycles. The summed E-state index contributed by atoms with van der Waals surface area (Å²) in [7, 11) is 0.0584. The minimum absolute atomic E-state index is 0.357. The van der Waals surface area contributed by atoms with Crippen LogP contribution in [0.5, 0.6) is 0 Å². The zero-order valence-electron chi connectivity index (χ0n) is 11.6. The number of ether oxygens (including phenoxy) is 1. The van der Waals surface area contributed by atoms with Crippen LogP contribution in [0.3, 0.4) is 0 Å². The van der Waals surface area contributed by atoms with Crippen LogP contribution in [0.2, 0.25) is 0 Å². The first-order valence-electron chi connectivity index (χ1n) is 6.15. The zero-order valence-corrected chi connectivity index (χ0v) is 12.4. The predicted molar refractivity (Wildman–Crippen MR) is 79.6 cm³/mol. The predicted octanol–water partition coefficient (Wildman–Crippen LogP) is 2.12. The van der Waals surface area contributed by atoms with Gasteiger partial charge >= 0.3 is 7.12 Å². The molecule has 1 aromatic heterocycles. The van der Waals surface area contributed by atoms with Crippen molar-refractivity contribution in [2.75, 3.05) is 7.11 Å². The fraction of sp³-hybridized carbons (Fsp3) is 0.286. The van der Waals surface area contributed by atoms with Crippen LogP contribution in [0.4, 0.5) is 4.39 Å². The molecule has 20 heavy (non-hydrogen) atoms. The Kier molecular flexibility index (Phi) is 4.29. The summed E-state index contributed by atoms with van der Waals surface area (Å²) in [6.45, 7) is 3.73. The van der Waals surface area contributed by atoms with Crippen LogP contribution in [-0.4, -0.2) is 24.3 Å². The second-order valence-corrected chi connectivity index (χ2v) is 5.96. The van der Waals surface area contributed by atoms with E-state index in [2.05, 4.69) is 0 Å². The molecule has 0 unspecified atom stereocenters. The van der Waals surface area contributed by atoms with Crippen molar-refractivity contribution < 1.29 is 19.2 Å². The van der Waals surface area contributed by atoms with Gasteiger partial charge in [-0.3, -0.25) is 0 Å². The fourth-order valence-electron chi connectivity index (χ4n) is 1.87. The Bertz CT molecular complexity index is 610. The second-order valence-electron chi connectivity index (χ2n) is 5.02. The molecular formula is C14H16BFO3S. The highest BCUT2D eigenvalue weighted by atomic mass is 32.1. The molecule has 2 N–H and O–H groups in total. The minimum atomic E-state index is -1.52. The molecule has 0 atom stereocenters. The summed E-state index contributed by atoms with van der Waals surface area (Å²) in [4.78, 5) is 0. The van der Waals surface area contributed by atoms with Crippen LogP contribution in [0.1, 0.15) is 19.4 Å². The molecule has 0 radical (unpaired) electrons. The Morgan fingerprint density at radius 2 is 1.95 bits per heavy atom. The highest BCUT2D eigenvalue weighted by Gasteiger charge is 2.22. The molecule has 0 aliphatic carbocycles. The van der Waals surface area contributed by atoms with E-state index in [1.807, 2.05) is 19.9 Å². The standard InChI is InChI=1S/C14H16BFO3S/c1-14(2,19-3)10-4-5-11(12(16)7-10)9-6-13(15(17)18)20-8-9/h4-8,17-18H,1-3H3. The molecule has 0 bridgehead atoms. The van der Waals surface area contributed by atoms with Crippen molar-refractivity contribution in [3.63, 3.8) is 0 Å². The number of halogens is 1. The first kappa shape index (κ1) is 15.2. The molecule has 0 amide bonds. The van der Waals surface area contributed by atoms with E-state index in [0.29, 0.717) is 15.9 Å². The van der Waals surface area contributed by atoms with Crippen molar-refractivity contribution in [2.24, 2.45) is 0 Å². The van der Waals surface area contributed by atoms with E-state index >= 15 is 0 Å². The molecular weight excluding hydrogens is 278 g/mol. The zero-order chi connectivity index (χ0) is 14.9. The van der Waals surface area contributed by atoms with E-state index in [0.717, 1.165) is 5.56 Å². The molecule has 2 rings (SSSR count). The average molecular weight is 294 g/mol. The van der Waals surface area contributed by atoms with Gasteiger partial charge in [-0.1, -0.05) is 12.1 Å². The lowest BCUT2D eigenvalue weighted by Gasteiger charge is -2.23. The quantitative estimate of drug-likeness (QED) is 0.849. The van der Waals surface area contributed by atoms with Gasteiger partial charge in [0.05, 0.1) is 5.60 Å². The number of thiophene rings is 1. The van der Waals surface area contributed by atoms with Gasteiger partial charge in [0.15, 0.2) is 0 Å². The Labute approximate surface area is 121 Å². The lowest BCUT2D eigenvalue weighted by atomic mass is 9.88. The van der Waals surface area contributed by atoms with Crippen LogP contribution in [0, 0.1) is 5.82 Å². The van der Waals surface area contributed by atoms with Gasteiger partial charge in [0, 0.05) is 17.4 Å². The van der Waals surface area contributed by atoms with Gasteiger partial charge in [-0.2, -0.15) is 11.3 Å². The number of hydrogen-bond acceptors (Lipinski definition) is 4. The summed E-state index contributed by atoms with van der Waals surface area (Å²) < 4.78 is 20.0. The smallest absolute Gasteiger partial charge is 0.423 e. The normalized spacial score (nSPS) is 11.7. The summed E-state index contributed by atoms with van der Waals surface area (Å²) in [5.74, 6) is -0.357. The van der Waals surface area contributed by atoms with Crippen LogP contribution in [0.15, 0.2) is 29.6 Å².